The lowest BCUT2D eigenvalue weighted by Gasteiger charge is -2.25. The van der Waals surface area contributed by atoms with Gasteiger partial charge in [0, 0.05) is 12.1 Å². The number of alkyl halides is 1. The normalized spacial score (nSPS) is 16.5. The zero-order valence-corrected chi connectivity index (χ0v) is 13.4. The van der Waals surface area contributed by atoms with Crippen LogP contribution in [0.4, 0.5) is 10.2 Å². The number of nitrogens with one attached hydrogen (secondary N) is 1. The van der Waals surface area contributed by atoms with E-state index in [2.05, 4.69) is 15.3 Å². The highest BCUT2D eigenvalue weighted by Crippen LogP contribution is 2.37. The van der Waals surface area contributed by atoms with Gasteiger partial charge in [-0.2, -0.15) is 0 Å². The Hall–Kier alpha value is -2.37. The number of aromatic nitrogens is 2. The molecule has 4 rings (SSSR count). The molecule has 0 unspecified atom stereocenters. The van der Waals surface area contributed by atoms with Gasteiger partial charge < -0.3 is 14.8 Å². The summed E-state index contributed by atoms with van der Waals surface area (Å²) in [4.78, 5) is 8.84. The zero-order valence-electron chi connectivity index (χ0n) is 13.4. The van der Waals surface area contributed by atoms with Crippen LogP contribution >= 0.6 is 0 Å². The molecule has 2 heterocycles. The molecule has 1 saturated carbocycles. The number of hydrogen-bond acceptors (Lipinski definition) is 5. The summed E-state index contributed by atoms with van der Waals surface area (Å²) in [6.07, 6.45) is 7.28. The number of benzene rings is 1. The van der Waals surface area contributed by atoms with Crippen molar-refractivity contribution in [1.29, 1.82) is 0 Å². The van der Waals surface area contributed by atoms with E-state index in [1.54, 1.807) is 24.5 Å². The number of nitrogens with zero attached hydrogens (tertiary/aromatic N) is 2. The van der Waals surface area contributed by atoms with Crippen molar-refractivity contribution in [2.75, 3.05) is 25.1 Å². The Morgan fingerprint density at radius 3 is 2.50 bits per heavy atom. The average molecular weight is 329 g/mol. The smallest absolute Gasteiger partial charge is 0.162 e. The Labute approximate surface area is 140 Å². The van der Waals surface area contributed by atoms with Crippen LogP contribution in [0.15, 0.2) is 24.5 Å². The minimum atomic E-state index is -0.588. The highest BCUT2D eigenvalue weighted by atomic mass is 19.1. The van der Waals surface area contributed by atoms with E-state index in [1.165, 1.54) is 19.3 Å². The molecule has 5 nitrogen and oxygen atoms in total. The molecule has 0 amide bonds. The highest BCUT2D eigenvalue weighted by molar-refractivity contribution is 5.68. The molecule has 2 aromatic rings. The molecule has 0 atom stereocenters. The Morgan fingerprint density at radius 1 is 1.08 bits per heavy atom. The van der Waals surface area contributed by atoms with Crippen LogP contribution in [0.25, 0.3) is 11.3 Å². The Balaban J connectivity index is 1.55. The molecular weight excluding hydrogens is 309 g/mol. The number of halogens is 1. The first kappa shape index (κ1) is 15.2. The summed E-state index contributed by atoms with van der Waals surface area (Å²) in [6, 6.07) is 3.48. The second kappa shape index (κ2) is 6.63. The van der Waals surface area contributed by atoms with E-state index in [4.69, 9.17) is 9.47 Å². The fraction of sp³-hybridized carbons (Fsp3) is 0.444. The van der Waals surface area contributed by atoms with Crippen molar-refractivity contribution in [3.8, 4) is 22.8 Å². The fourth-order valence-corrected chi connectivity index (χ4v) is 2.98. The van der Waals surface area contributed by atoms with E-state index in [0.717, 1.165) is 18.3 Å². The van der Waals surface area contributed by atoms with Crippen LogP contribution in [0.1, 0.15) is 24.8 Å². The quantitative estimate of drug-likeness (QED) is 0.908. The van der Waals surface area contributed by atoms with Gasteiger partial charge in [-0.25, -0.2) is 9.37 Å². The molecule has 0 spiro atoms. The summed E-state index contributed by atoms with van der Waals surface area (Å²) in [5, 5.41) is 3.31. The summed E-state index contributed by atoms with van der Waals surface area (Å²) >= 11 is 0. The second-order valence-electron chi connectivity index (χ2n) is 6.25. The third-order valence-electron chi connectivity index (χ3n) is 4.64. The molecule has 1 fully saturated rings. The van der Waals surface area contributed by atoms with Crippen molar-refractivity contribution in [1.82, 2.24) is 9.97 Å². The first-order chi connectivity index (χ1) is 11.8. The Morgan fingerprint density at radius 2 is 1.88 bits per heavy atom. The van der Waals surface area contributed by atoms with Crippen molar-refractivity contribution >= 4 is 5.82 Å². The molecule has 1 N–H and O–H groups in total. The van der Waals surface area contributed by atoms with Crippen molar-refractivity contribution in [3.63, 3.8) is 0 Å². The van der Waals surface area contributed by atoms with Gasteiger partial charge in [-0.1, -0.05) is 6.42 Å². The molecular formula is C18H20FN3O2. The molecule has 1 aromatic carbocycles. The van der Waals surface area contributed by atoms with Crippen molar-refractivity contribution < 1.29 is 13.9 Å². The van der Waals surface area contributed by atoms with Gasteiger partial charge in [0.25, 0.3) is 0 Å². The minimum Gasteiger partial charge on any atom is -0.486 e. The molecule has 1 aliphatic heterocycles. The van der Waals surface area contributed by atoms with E-state index >= 15 is 0 Å². The largest absolute Gasteiger partial charge is 0.486 e. The Bertz CT molecular complexity index is 717. The zero-order chi connectivity index (χ0) is 16.4. The number of anilines is 1. The SMILES string of the molecule is FCc1cc2c(cc1-c1cnc(NCC3CCC3)cn1)OCCO2. The lowest BCUT2D eigenvalue weighted by molar-refractivity contribution is 0.171. The van der Waals surface area contributed by atoms with Crippen molar-refractivity contribution in [2.45, 2.75) is 25.9 Å². The van der Waals surface area contributed by atoms with Crippen molar-refractivity contribution in [3.05, 3.63) is 30.1 Å². The predicted molar refractivity (Wildman–Crippen MR) is 89.1 cm³/mol. The van der Waals surface area contributed by atoms with E-state index in [1.807, 2.05) is 0 Å². The molecule has 1 aliphatic carbocycles. The molecule has 126 valence electrons. The van der Waals surface area contributed by atoms with Gasteiger partial charge in [-0.3, -0.25) is 4.98 Å². The van der Waals surface area contributed by atoms with Crippen LogP contribution in [-0.2, 0) is 6.67 Å². The molecule has 24 heavy (non-hydrogen) atoms. The molecule has 0 bridgehead atoms. The van der Waals surface area contributed by atoms with Gasteiger partial charge >= 0.3 is 0 Å². The van der Waals surface area contributed by atoms with Crippen LogP contribution in [-0.4, -0.2) is 29.7 Å². The highest BCUT2D eigenvalue weighted by Gasteiger charge is 2.19. The second-order valence-corrected chi connectivity index (χ2v) is 6.25. The average Bonchev–Trinajstić information content (AvgIpc) is 2.60. The molecule has 2 aliphatic rings. The third-order valence-corrected chi connectivity index (χ3v) is 4.64. The van der Waals surface area contributed by atoms with Crippen LogP contribution in [0, 0.1) is 5.92 Å². The Kier molecular flexibility index (Phi) is 4.19. The lowest BCUT2D eigenvalue weighted by atomic mass is 9.85. The first-order valence-corrected chi connectivity index (χ1v) is 8.38. The van der Waals surface area contributed by atoms with E-state index in [9.17, 15) is 4.39 Å². The van der Waals surface area contributed by atoms with Gasteiger partial charge in [0.05, 0.1) is 18.1 Å². The van der Waals surface area contributed by atoms with Crippen LogP contribution < -0.4 is 14.8 Å². The topological polar surface area (TPSA) is 56.3 Å². The summed E-state index contributed by atoms with van der Waals surface area (Å²) in [6.45, 7) is 1.33. The van der Waals surface area contributed by atoms with E-state index in [-0.39, 0.29) is 0 Å². The summed E-state index contributed by atoms with van der Waals surface area (Å²) < 4.78 is 24.5. The number of rotatable bonds is 5. The monoisotopic (exact) mass is 329 g/mol. The number of fused-ring (bicyclic) bond motifs is 1. The van der Waals surface area contributed by atoms with Crippen molar-refractivity contribution in [2.24, 2.45) is 5.92 Å². The number of hydrogen-bond donors (Lipinski definition) is 1. The predicted octanol–water partition coefficient (Wildman–Crippen LogP) is 3.60. The third kappa shape index (κ3) is 3.00. The van der Waals surface area contributed by atoms with E-state index < -0.39 is 6.67 Å². The van der Waals surface area contributed by atoms with Gasteiger partial charge in [0.15, 0.2) is 11.5 Å². The molecule has 6 heteroatoms. The molecule has 0 saturated heterocycles. The maximum absolute atomic E-state index is 13.4. The maximum atomic E-state index is 13.4. The molecule has 1 aromatic heterocycles. The van der Waals surface area contributed by atoms with Gasteiger partial charge in [0.1, 0.15) is 25.7 Å². The fourth-order valence-electron chi connectivity index (χ4n) is 2.98. The summed E-state index contributed by atoms with van der Waals surface area (Å²) in [5.41, 5.74) is 1.86. The lowest BCUT2D eigenvalue weighted by Crippen LogP contribution is -2.21. The van der Waals surface area contributed by atoms with Gasteiger partial charge in [0.2, 0.25) is 0 Å². The summed E-state index contributed by atoms with van der Waals surface area (Å²) in [5.74, 6) is 2.72. The standard InChI is InChI=1S/C18H20FN3O2/c19-8-13-6-16-17(24-5-4-23-16)7-14(13)15-10-22-18(11-20-15)21-9-12-2-1-3-12/h6-7,10-12H,1-5,8-9H2,(H,21,22). The van der Waals surface area contributed by atoms with Crippen LogP contribution in [0.2, 0.25) is 0 Å². The van der Waals surface area contributed by atoms with E-state index in [0.29, 0.717) is 41.5 Å². The minimum absolute atomic E-state index is 0.485. The van der Waals surface area contributed by atoms with Gasteiger partial charge in [-0.05, 0) is 36.5 Å². The first-order valence-electron chi connectivity index (χ1n) is 8.38. The van der Waals surface area contributed by atoms with Crippen LogP contribution in [0.5, 0.6) is 11.5 Å². The molecule has 0 radical (unpaired) electrons. The van der Waals surface area contributed by atoms with Crippen LogP contribution in [0.3, 0.4) is 0 Å². The number of ether oxygens (including phenoxy) is 2. The van der Waals surface area contributed by atoms with Gasteiger partial charge in [-0.15, -0.1) is 0 Å². The summed E-state index contributed by atoms with van der Waals surface area (Å²) in [7, 11) is 0. The maximum Gasteiger partial charge on any atom is 0.162 e.